The molecule has 144 valence electrons. The van der Waals surface area contributed by atoms with Crippen LogP contribution in [-0.2, 0) is 0 Å². The summed E-state index contributed by atoms with van der Waals surface area (Å²) in [6, 6.07) is 19.5. The first-order valence-electron chi connectivity index (χ1n) is 8.81. The number of hydrogen-bond acceptors (Lipinski definition) is 5. The molecule has 0 saturated carbocycles. The van der Waals surface area contributed by atoms with Crippen molar-refractivity contribution in [1.29, 1.82) is 0 Å². The molecular weight excluding hydrogens is 386 g/mol. The van der Waals surface area contributed by atoms with Crippen molar-refractivity contribution < 1.29 is 14.0 Å². The number of nitrogens with one attached hydrogen (secondary N) is 1. The van der Waals surface area contributed by atoms with Crippen LogP contribution in [0.5, 0.6) is 0 Å². The Hall–Kier alpha value is -3.58. The number of nitrogens with two attached hydrogens (primary N) is 1. The molecule has 29 heavy (non-hydrogen) atoms. The monoisotopic (exact) mass is 403 g/mol. The van der Waals surface area contributed by atoms with Crippen molar-refractivity contribution in [3.8, 4) is 11.1 Å². The standard InChI is InChI=1S/C22H17N3O3S/c1-29-22-25-18-11-10-13(12-19(18)28-22)14-6-2-3-7-15(14)21(27)24-17-9-5-4-8-16(17)20(23)26/h2-12H,1H3,(H2,23,26)(H,24,27). The highest BCUT2D eigenvalue weighted by atomic mass is 32.2. The third-order valence-electron chi connectivity index (χ3n) is 4.47. The second kappa shape index (κ2) is 7.81. The largest absolute Gasteiger partial charge is 0.431 e. The number of carbonyl (C=O) groups is 2. The second-order valence-corrected chi connectivity index (χ2v) is 7.03. The number of fused-ring (bicyclic) bond motifs is 1. The molecule has 0 atom stereocenters. The molecule has 3 aromatic carbocycles. The zero-order valence-electron chi connectivity index (χ0n) is 15.5. The van der Waals surface area contributed by atoms with E-state index in [-0.39, 0.29) is 11.5 Å². The van der Waals surface area contributed by atoms with Gasteiger partial charge < -0.3 is 15.5 Å². The van der Waals surface area contributed by atoms with Gasteiger partial charge in [-0.15, -0.1) is 0 Å². The molecular formula is C22H17N3O3S. The Labute approximate surface area is 171 Å². The average Bonchev–Trinajstić information content (AvgIpc) is 3.16. The number of rotatable bonds is 5. The van der Waals surface area contributed by atoms with Crippen LogP contribution in [0.25, 0.3) is 22.2 Å². The van der Waals surface area contributed by atoms with Gasteiger partial charge in [-0.05, 0) is 47.7 Å². The van der Waals surface area contributed by atoms with Gasteiger partial charge in [-0.1, -0.05) is 48.2 Å². The van der Waals surface area contributed by atoms with Crippen molar-refractivity contribution in [2.75, 3.05) is 11.6 Å². The van der Waals surface area contributed by atoms with Crippen LogP contribution in [0.1, 0.15) is 20.7 Å². The normalized spacial score (nSPS) is 10.8. The number of hydrogen-bond donors (Lipinski definition) is 2. The van der Waals surface area contributed by atoms with Gasteiger partial charge in [0.05, 0.1) is 11.3 Å². The van der Waals surface area contributed by atoms with Gasteiger partial charge in [0.25, 0.3) is 17.0 Å². The molecule has 4 rings (SSSR count). The fourth-order valence-electron chi connectivity index (χ4n) is 3.09. The van der Waals surface area contributed by atoms with Crippen molar-refractivity contribution in [2.45, 2.75) is 5.22 Å². The number of para-hydroxylation sites is 1. The quantitative estimate of drug-likeness (QED) is 0.476. The van der Waals surface area contributed by atoms with E-state index in [0.717, 1.165) is 16.6 Å². The minimum absolute atomic E-state index is 0.256. The topological polar surface area (TPSA) is 98.2 Å². The van der Waals surface area contributed by atoms with Gasteiger partial charge in [0, 0.05) is 5.56 Å². The van der Waals surface area contributed by atoms with E-state index in [9.17, 15) is 9.59 Å². The molecule has 3 N–H and O–H groups in total. The lowest BCUT2D eigenvalue weighted by molar-refractivity contribution is 0.100. The summed E-state index contributed by atoms with van der Waals surface area (Å²) in [4.78, 5) is 29.0. The number of amides is 2. The smallest absolute Gasteiger partial charge is 0.256 e. The van der Waals surface area contributed by atoms with Crippen LogP contribution in [0.3, 0.4) is 0 Å². The van der Waals surface area contributed by atoms with Crippen LogP contribution in [-0.4, -0.2) is 23.1 Å². The number of anilines is 1. The lowest BCUT2D eigenvalue weighted by Crippen LogP contribution is -2.18. The van der Waals surface area contributed by atoms with E-state index < -0.39 is 5.91 Å². The number of carbonyl (C=O) groups excluding carboxylic acids is 2. The van der Waals surface area contributed by atoms with Crippen LogP contribution in [0.4, 0.5) is 5.69 Å². The Balaban J connectivity index is 1.72. The first-order chi connectivity index (χ1) is 14.1. The van der Waals surface area contributed by atoms with Crippen LogP contribution < -0.4 is 11.1 Å². The van der Waals surface area contributed by atoms with Gasteiger partial charge in [0.15, 0.2) is 5.58 Å². The lowest BCUT2D eigenvalue weighted by Gasteiger charge is -2.12. The molecule has 6 nitrogen and oxygen atoms in total. The zero-order valence-corrected chi connectivity index (χ0v) is 16.3. The minimum Gasteiger partial charge on any atom is -0.431 e. The van der Waals surface area contributed by atoms with Crippen LogP contribution in [0.2, 0.25) is 0 Å². The molecule has 1 heterocycles. The lowest BCUT2D eigenvalue weighted by atomic mass is 9.98. The minimum atomic E-state index is -0.602. The molecule has 7 heteroatoms. The fraction of sp³-hybridized carbons (Fsp3) is 0.0455. The van der Waals surface area contributed by atoms with Gasteiger partial charge >= 0.3 is 0 Å². The summed E-state index contributed by atoms with van der Waals surface area (Å²) < 4.78 is 5.72. The Bertz CT molecular complexity index is 1230. The maximum absolute atomic E-state index is 13.0. The Kier molecular flexibility index (Phi) is 5.05. The maximum Gasteiger partial charge on any atom is 0.256 e. The highest BCUT2D eigenvalue weighted by Gasteiger charge is 2.16. The summed E-state index contributed by atoms with van der Waals surface area (Å²) in [6.45, 7) is 0. The highest BCUT2D eigenvalue weighted by molar-refractivity contribution is 7.98. The van der Waals surface area contributed by atoms with Gasteiger partial charge in [-0.3, -0.25) is 9.59 Å². The molecule has 0 aliphatic rings. The molecule has 0 aliphatic carbocycles. The van der Waals surface area contributed by atoms with Crippen molar-refractivity contribution in [3.05, 3.63) is 77.9 Å². The molecule has 4 aromatic rings. The van der Waals surface area contributed by atoms with Crippen molar-refractivity contribution >= 4 is 40.4 Å². The SMILES string of the molecule is CSc1nc2ccc(-c3ccccc3C(=O)Nc3ccccc3C(N)=O)cc2o1. The molecule has 0 bridgehead atoms. The van der Waals surface area contributed by atoms with Crippen molar-refractivity contribution in [1.82, 2.24) is 4.98 Å². The molecule has 0 saturated heterocycles. The van der Waals surface area contributed by atoms with E-state index in [1.165, 1.54) is 11.8 Å². The van der Waals surface area contributed by atoms with E-state index in [1.807, 2.05) is 36.6 Å². The molecule has 1 aromatic heterocycles. The summed E-state index contributed by atoms with van der Waals surface area (Å²) >= 11 is 1.43. The van der Waals surface area contributed by atoms with E-state index in [4.69, 9.17) is 10.2 Å². The predicted molar refractivity (Wildman–Crippen MR) is 114 cm³/mol. The first kappa shape index (κ1) is 18.8. The summed E-state index contributed by atoms with van der Waals surface area (Å²) in [5.41, 5.74) is 9.49. The summed E-state index contributed by atoms with van der Waals surface area (Å²) in [5, 5.41) is 3.38. The summed E-state index contributed by atoms with van der Waals surface area (Å²) in [6.07, 6.45) is 1.90. The van der Waals surface area contributed by atoms with E-state index >= 15 is 0 Å². The Morgan fingerprint density at radius 2 is 1.72 bits per heavy atom. The van der Waals surface area contributed by atoms with Crippen molar-refractivity contribution in [2.24, 2.45) is 5.73 Å². The van der Waals surface area contributed by atoms with Crippen LogP contribution >= 0.6 is 11.8 Å². The number of thioether (sulfide) groups is 1. The highest BCUT2D eigenvalue weighted by Crippen LogP contribution is 2.30. The molecule has 0 aliphatic heterocycles. The third-order valence-corrected chi connectivity index (χ3v) is 4.99. The molecule has 0 spiro atoms. The number of benzene rings is 3. The Morgan fingerprint density at radius 3 is 2.48 bits per heavy atom. The summed E-state index contributed by atoms with van der Waals surface area (Å²) in [7, 11) is 0. The van der Waals surface area contributed by atoms with Crippen molar-refractivity contribution in [3.63, 3.8) is 0 Å². The van der Waals surface area contributed by atoms with Gasteiger partial charge in [0.2, 0.25) is 0 Å². The average molecular weight is 403 g/mol. The number of nitrogens with zero attached hydrogens (tertiary/aromatic N) is 1. The number of primary amides is 1. The zero-order chi connectivity index (χ0) is 20.4. The van der Waals surface area contributed by atoms with Gasteiger partial charge in [0.1, 0.15) is 5.52 Å². The molecule has 0 unspecified atom stereocenters. The third kappa shape index (κ3) is 3.72. The second-order valence-electron chi connectivity index (χ2n) is 6.28. The van der Waals surface area contributed by atoms with Crippen LogP contribution in [0.15, 0.2) is 76.4 Å². The maximum atomic E-state index is 13.0. The summed E-state index contributed by atoms with van der Waals surface area (Å²) in [5.74, 6) is -0.939. The van der Waals surface area contributed by atoms with E-state index in [1.54, 1.807) is 36.4 Å². The van der Waals surface area contributed by atoms with Crippen LogP contribution in [0, 0.1) is 0 Å². The fourth-order valence-corrected chi connectivity index (χ4v) is 3.45. The molecule has 2 amide bonds. The first-order valence-corrected chi connectivity index (χ1v) is 10.0. The molecule has 0 fully saturated rings. The van der Waals surface area contributed by atoms with E-state index in [2.05, 4.69) is 10.3 Å². The molecule has 0 radical (unpaired) electrons. The Morgan fingerprint density at radius 1 is 1.00 bits per heavy atom. The van der Waals surface area contributed by atoms with Gasteiger partial charge in [-0.2, -0.15) is 0 Å². The van der Waals surface area contributed by atoms with Gasteiger partial charge in [-0.25, -0.2) is 4.98 Å². The predicted octanol–water partition coefficient (Wildman–Crippen LogP) is 4.57. The number of oxazole rings is 1. The van der Waals surface area contributed by atoms with E-state index in [0.29, 0.717) is 22.1 Å². The number of aromatic nitrogens is 1.